The summed E-state index contributed by atoms with van der Waals surface area (Å²) in [6.07, 6.45) is 14.3. The van der Waals surface area contributed by atoms with Gasteiger partial charge >= 0.3 is 0 Å². The summed E-state index contributed by atoms with van der Waals surface area (Å²) in [6, 6.07) is 18.5. The van der Waals surface area contributed by atoms with Gasteiger partial charge in [0, 0.05) is 10.9 Å². The molecule has 1 heteroatoms. The SMILES string of the molecule is C=CCC1CCC(c2ccc3c(F)c(C#Cc4ccc(CCCCCC)cc4)ccc3c2)CC1. The lowest BCUT2D eigenvalue weighted by atomic mass is 9.77. The number of allylic oxidation sites excluding steroid dienone is 1. The first-order valence-electron chi connectivity index (χ1n) is 13.1. The van der Waals surface area contributed by atoms with Crippen LogP contribution in [0.2, 0.25) is 0 Å². The van der Waals surface area contributed by atoms with Gasteiger partial charge in [-0.1, -0.05) is 80.5 Å². The van der Waals surface area contributed by atoms with Crippen molar-refractivity contribution in [2.75, 3.05) is 0 Å². The van der Waals surface area contributed by atoms with Crippen LogP contribution in [-0.4, -0.2) is 0 Å². The van der Waals surface area contributed by atoms with Crippen LogP contribution in [0.25, 0.3) is 10.8 Å². The molecule has 1 saturated carbocycles. The van der Waals surface area contributed by atoms with Crippen molar-refractivity contribution >= 4 is 10.8 Å². The Labute approximate surface area is 205 Å². The van der Waals surface area contributed by atoms with Crippen LogP contribution in [0, 0.1) is 23.6 Å². The van der Waals surface area contributed by atoms with E-state index >= 15 is 4.39 Å². The summed E-state index contributed by atoms with van der Waals surface area (Å²) in [5.74, 6) is 7.38. The molecule has 1 aliphatic rings. The van der Waals surface area contributed by atoms with Crippen molar-refractivity contribution in [3.05, 3.63) is 95.3 Å². The van der Waals surface area contributed by atoms with Crippen molar-refractivity contribution in [2.45, 2.75) is 77.0 Å². The zero-order chi connectivity index (χ0) is 23.8. The number of rotatable bonds is 8. The zero-order valence-corrected chi connectivity index (χ0v) is 20.6. The maximum Gasteiger partial charge on any atom is 0.146 e. The summed E-state index contributed by atoms with van der Waals surface area (Å²) in [4.78, 5) is 0. The molecule has 4 rings (SSSR count). The van der Waals surface area contributed by atoms with Crippen molar-refractivity contribution in [1.82, 2.24) is 0 Å². The lowest BCUT2D eigenvalue weighted by Crippen LogP contribution is -2.12. The van der Waals surface area contributed by atoms with E-state index < -0.39 is 0 Å². The first-order valence-corrected chi connectivity index (χ1v) is 13.1. The van der Waals surface area contributed by atoms with Crippen molar-refractivity contribution in [3.63, 3.8) is 0 Å². The molecule has 1 fully saturated rings. The van der Waals surface area contributed by atoms with Gasteiger partial charge in [-0.15, -0.1) is 6.58 Å². The highest BCUT2D eigenvalue weighted by atomic mass is 19.1. The molecule has 0 unspecified atom stereocenters. The van der Waals surface area contributed by atoms with E-state index in [9.17, 15) is 0 Å². The third-order valence-corrected chi connectivity index (χ3v) is 7.41. The second-order valence-electron chi connectivity index (χ2n) is 9.91. The van der Waals surface area contributed by atoms with Crippen molar-refractivity contribution in [1.29, 1.82) is 0 Å². The normalized spacial score (nSPS) is 17.8. The lowest BCUT2D eigenvalue weighted by Gasteiger charge is -2.28. The number of benzene rings is 3. The first kappa shape index (κ1) is 24.3. The van der Waals surface area contributed by atoms with Crippen LogP contribution in [0.5, 0.6) is 0 Å². The van der Waals surface area contributed by atoms with Gasteiger partial charge in [0.15, 0.2) is 0 Å². The molecule has 0 aromatic heterocycles. The molecular weight excluding hydrogens is 415 g/mol. The molecule has 0 bridgehead atoms. The monoisotopic (exact) mass is 452 g/mol. The third-order valence-electron chi connectivity index (χ3n) is 7.41. The number of unbranched alkanes of at least 4 members (excludes halogenated alkanes) is 3. The van der Waals surface area contributed by atoms with E-state index in [4.69, 9.17) is 0 Å². The molecule has 0 N–H and O–H groups in total. The fraction of sp³-hybridized carbons (Fsp3) is 0.394. The van der Waals surface area contributed by atoms with Gasteiger partial charge in [-0.3, -0.25) is 0 Å². The molecule has 0 radical (unpaired) electrons. The standard InChI is InChI=1S/C33H37F/c1-3-5-6-7-9-26-10-12-27(13-11-26)16-19-29-20-21-31-24-30(22-23-32(31)33(29)34)28-17-14-25(8-4-2)15-18-28/h4,10-13,20-25,28H,2-3,5-9,14-15,17-18H2,1H3. The highest BCUT2D eigenvalue weighted by molar-refractivity contribution is 5.85. The van der Waals surface area contributed by atoms with Gasteiger partial charge in [-0.2, -0.15) is 0 Å². The van der Waals surface area contributed by atoms with Crippen LogP contribution < -0.4 is 0 Å². The van der Waals surface area contributed by atoms with E-state index in [1.54, 1.807) is 0 Å². The van der Waals surface area contributed by atoms with E-state index in [2.05, 4.69) is 67.8 Å². The molecule has 0 atom stereocenters. The third kappa shape index (κ3) is 6.18. The van der Waals surface area contributed by atoms with Gasteiger partial charge in [-0.25, -0.2) is 4.39 Å². The molecule has 0 nitrogen and oxygen atoms in total. The maximum atomic E-state index is 15.2. The molecule has 176 valence electrons. The van der Waals surface area contributed by atoms with Crippen molar-refractivity contribution in [2.24, 2.45) is 5.92 Å². The highest BCUT2D eigenvalue weighted by Gasteiger charge is 2.22. The lowest BCUT2D eigenvalue weighted by molar-refractivity contribution is 0.328. The second kappa shape index (κ2) is 12.0. The van der Waals surface area contributed by atoms with E-state index in [1.165, 1.54) is 62.5 Å². The largest absolute Gasteiger partial charge is 0.205 e. The van der Waals surface area contributed by atoms with Crippen LogP contribution in [-0.2, 0) is 6.42 Å². The van der Waals surface area contributed by atoms with Gasteiger partial charge in [0.1, 0.15) is 5.82 Å². The Kier molecular flexibility index (Phi) is 8.59. The number of fused-ring (bicyclic) bond motifs is 1. The quantitative estimate of drug-likeness (QED) is 0.181. The predicted octanol–water partition coefficient (Wildman–Crippen LogP) is 9.35. The smallest absolute Gasteiger partial charge is 0.146 e. The molecule has 3 aromatic carbocycles. The summed E-state index contributed by atoms with van der Waals surface area (Å²) in [5, 5.41) is 1.64. The average molecular weight is 453 g/mol. The summed E-state index contributed by atoms with van der Waals surface area (Å²) in [5.41, 5.74) is 4.09. The van der Waals surface area contributed by atoms with Crippen LogP contribution >= 0.6 is 0 Å². The molecule has 1 aliphatic carbocycles. The molecule has 0 heterocycles. The van der Waals surface area contributed by atoms with Crippen LogP contribution in [0.3, 0.4) is 0 Å². The summed E-state index contributed by atoms with van der Waals surface area (Å²) in [6.45, 7) is 6.12. The molecular formula is C33H37F. The fourth-order valence-corrected chi connectivity index (χ4v) is 5.28. The molecule has 3 aromatic rings. The van der Waals surface area contributed by atoms with Crippen LogP contribution in [0.1, 0.15) is 92.9 Å². The Bertz CT molecular complexity index is 1150. The molecule has 0 spiro atoms. The number of halogens is 1. The molecule has 0 saturated heterocycles. The highest BCUT2D eigenvalue weighted by Crippen LogP contribution is 2.38. The van der Waals surface area contributed by atoms with E-state index in [0.717, 1.165) is 29.7 Å². The van der Waals surface area contributed by atoms with Crippen LogP contribution in [0.15, 0.2) is 67.3 Å². The minimum atomic E-state index is -0.209. The number of hydrogen-bond acceptors (Lipinski definition) is 0. The maximum absolute atomic E-state index is 15.2. The van der Waals surface area contributed by atoms with E-state index in [-0.39, 0.29) is 5.82 Å². The van der Waals surface area contributed by atoms with Gasteiger partial charge in [-0.05, 0) is 91.5 Å². The van der Waals surface area contributed by atoms with Crippen molar-refractivity contribution < 1.29 is 4.39 Å². The van der Waals surface area contributed by atoms with Crippen LogP contribution in [0.4, 0.5) is 4.39 Å². The topological polar surface area (TPSA) is 0 Å². The van der Waals surface area contributed by atoms with E-state index in [1.807, 2.05) is 18.2 Å². The predicted molar refractivity (Wildman–Crippen MR) is 144 cm³/mol. The van der Waals surface area contributed by atoms with Crippen molar-refractivity contribution in [3.8, 4) is 11.8 Å². The molecule has 34 heavy (non-hydrogen) atoms. The number of aryl methyl sites for hydroxylation is 1. The minimum Gasteiger partial charge on any atom is -0.205 e. The summed E-state index contributed by atoms with van der Waals surface area (Å²) >= 11 is 0. The Balaban J connectivity index is 1.44. The Hall–Kier alpha value is -2.85. The average Bonchev–Trinajstić information content (AvgIpc) is 2.87. The summed E-state index contributed by atoms with van der Waals surface area (Å²) in [7, 11) is 0. The first-order chi connectivity index (χ1) is 16.7. The second-order valence-corrected chi connectivity index (χ2v) is 9.91. The van der Waals surface area contributed by atoms with Gasteiger partial charge in [0.2, 0.25) is 0 Å². The van der Waals surface area contributed by atoms with Gasteiger partial charge in [0.25, 0.3) is 0 Å². The molecule has 0 amide bonds. The Morgan fingerprint density at radius 1 is 0.912 bits per heavy atom. The van der Waals surface area contributed by atoms with E-state index in [0.29, 0.717) is 16.9 Å². The number of hydrogen-bond donors (Lipinski definition) is 0. The van der Waals surface area contributed by atoms with Gasteiger partial charge in [0.05, 0.1) is 5.56 Å². The Morgan fingerprint density at radius 3 is 2.44 bits per heavy atom. The fourth-order valence-electron chi connectivity index (χ4n) is 5.28. The zero-order valence-electron chi connectivity index (χ0n) is 20.6. The Morgan fingerprint density at radius 2 is 1.71 bits per heavy atom. The molecule has 0 aliphatic heterocycles. The van der Waals surface area contributed by atoms with Gasteiger partial charge < -0.3 is 0 Å². The summed E-state index contributed by atoms with van der Waals surface area (Å²) < 4.78 is 15.2. The minimum absolute atomic E-state index is 0.209.